The van der Waals surface area contributed by atoms with Gasteiger partial charge in [-0.3, -0.25) is 14.5 Å². The lowest BCUT2D eigenvalue weighted by Crippen LogP contribution is -2.71. The second-order valence-corrected chi connectivity index (χ2v) is 15.4. The molecule has 8 rings (SSSR count). The lowest BCUT2D eigenvalue weighted by Gasteiger charge is -2.49. The van der Waals surface area contributed by atoms with Crippen LogP contribution in [0.3, 0.4) is 0 Å². The quantitative estimate of drug-likeness (QED) is 0.0405. The number of carboxylic acids is 1. The summed E-state index contributed by atoms with van der Waals surface area (Å²) in [7, 11) is 0. The summed E-state index contributed by atoms with van der Waals surface area (Å²) in [4.78, 5) is 49.9. The second-order valence-electron chi connectivity index (χ2n) is 12.5. The number of thiazole rings is 1. The average Bonchev–Trinajstić information content (AvgIpc) is 3.92. The van der Waals surface area contributed by atoms with Crippen molar-refractivity contribution in [3.63, 3.8) is 0 Å². The molecule has 290 valence electrons. The van der Waals surface area contributed by atoms with E-state index in [-0.39, 0.29) is 22.9 Å². The highest BCUT2D eigenvalue weighted by molar-refractivity contribution is 8.00. The number of allylic oxidation sites excluding steroid dienone is 2. The minimum Gasteiger partial charge on any atom is -0.477 e. The zero-order valence-corrected chi connectivity index (χ0v) is 31.8. The minimum absolute atomic E-state index is 0.0908. The first kappa shape index (κ1) is 37.7. The summed E-state index contributed by atoms with van der Waals surface area (Å²) in [6.07, 6.45) is 5.24. The standard InChI is InChI=1S/C37H30F2N10O5S3/c38-35(39)54-44-28(26-21-56-36(40-26)42-37(23-11-4-1-5-12-23,24-13-6-2-7-14-24)25-15-8-3-9-16-25)31(50)41-29-32(51)48-30(34(52)53)22(19-55-33(29)48)20-57-47-18-10-17-27-43-45-46-49(27)47/h1-18,21,29,33,35H,19-20H2,(H,40,42)(H,41,50)(H,43,46)(H,52,53)/t29?,33-/m0/s1. The number of fused-ring (bicyclic) bond motifs is 2. The van der Waals surface area contributed by atoms with Gasteiger partial charge in [0.25, 0.3) is 11.8 Å². The maximum atomic E-state index is 13.8. The van der Waals surface area contributed by atoms with Crippen molar-refractivity contribution in [2.75, 3.05) is 16.8 Å². The zero-order valence-electron chi connectivity index (χ0n) is 29.3. The number of benzene rings is 3. The van der Waals surface area contributed by atoms with Crippen LogP contribution in [0.2, 0.25) is 0 Å². The molecule has 2 atom stereocenters. The maximum Gasteiger partial charge on any atom is 0.407 e. The lowest BCUT2D eigenvalue weighted by atomic mass is 9.77. The number of rotatable bonds is 14. The predicted octanol–water partition coefficient (Wildman–Crippen LogP) is 5.65. The molecule has 4 aromatic rings. The molecule has 3 aromatic carbocycles. The number of carbonyl (C=O) groups excluding carboxylic acids is 2. The summed E-state index contributed by atoms with van der Waals surface area (Å²) >= 11 is 3.63. The number of nitrogens with one attached hydrogen (secondary N) is 3. The Morgan fingerprint density at radius 1 is 1.04 bits per heavy atom. The summed E-state index contributed by atoms with van der Waals surface area (Å²) in [5.74, 6) is -2.01. The molecular weight excluding hydrogens is 799 g/mol. The summed E-state index contributed by atoms with van der Waals surface area (Å²) in [5.41, 5.74) is 3.99. The molecule has 0 radical (unpaired) electrons. The number of aliphatic carboxylic acids is 1. The summed E-state index contributed by atoms with van der Waals surface area (Å²) in [5, 5.41) is 30.1. The van der Waals surface area contributed by atoms with Crippen molar-refractivity contribution in [2.45, 2.75) is 23.6 Å². The Bertz CT molecular complexity index is 2230. The van der Waals surface area contributed by atoms with E-state index in [2.05, 4.69) is 41.5 Å². The molecule has 20 heteroatoms. The fourth-order valence-corrected chi connectivity index (χ4v) is 9.80. The number of hydrogen-bond donors (Lipinski definition) is 4. The van der Waals surface area contributed by atoms with E-state index in [0.717, 1.165) is 32.9 Å². The summed E-state index contributed by atoms with van der Waals surface area (Å²) < 4.78 is 28.4. The Labute approximate surface area is 335 Å². The Morgan fingerprint density at radius 3 is 2.30 bits per heavy atom. The van der Waals surface area contributed by atoms with E-state index in [1.165, 1.54) is 29.1 Å². The predicted molar refractivity (Wildman–Crippen MR) is 210 cm³/mol. The van der Waals surface area contributed by atoms with Crippen LogP contribution >= 0.6 is 35.0 Å². The summed E-state index contributed by atoms with van der Waals surface area (Å²) in [6, 6.07) is 27.9. The van der Waals surface area contributed by atoms with Crippen LogP contribution in [0.4, 0.5) is 13.9 Å². The molecule has 0 aliphatic carbocycles. The van der Waals surface area contributed by atoms with Crippen molar-refractivity contribution in [3.05, 3.63) is 154 Å². The van der Waals surface area contributed by atoms with Crippen molar-refractivity contribution in [1.82, 2.24) is 30.3 Å². The van der Waals surface area contributed by atoms with Crippen LogP contribution < -0.4 is 16.2 Å². The van der Waals surface area contributed by atoms with Crippen LogP contribution in [-0.2, 0) is 24.8 Å². The lowest BCUT2D eigenvalue weighted by molar-refractivity contribution is -0.150. The second kappa shape index (κ2) is 16.1. The van der Waals surface area contributed by atoms with Gasteiger partial charge in [-0.2, -0.15) is 14.3 Å². The molecule has 1 fully saturated rings. The number of thioether (sulfide) groups is 1. The molecule has 2 amide bonds. The Morgan fingerprint density at radius 2 is 1.68 bits per heavy atom. The van der Waals surface area contributed by atoms with Crippen molar-refractivity contribution >= 4 is 63.7 Å². The number of alkyl halides is 2. The fourth-order valence-electron chi connectivity index (χ4n) is 6.66. The van der Waals surface area contributed by atoms with Crippen LogP contribution in [0.15, 0.2) is 147 Å². The first-order valence-corrected chi connectivity index (χ1v) is 20.0. The van der Waals surface area contributed by atoms with Crippen LogP contribution in [0, 0.1) is 0 Å². The van der Waals surface area contributed by atoms with Gasteiger partial charge in [0.1, 0.15) is 28.3 Å². The Kier molecular flexibility index (Phi) is 10.6. The first-order chi connectivity index (χ1) is 27.7. The third kappa shape index (κ3) is 7.29. The first-order valence-electron chi connectivity index (χ1n) is 17.1. The SMILES string of the molecule is O=C(O)C1=C(CSN2C=CC=C3N=NNN32)CS[C@H]2C(NC(=O)C(=NOC(F)F)c3csc(NC(c4ccccc4)(c4ccccc4)c4ccccc4)n3)C(=O)N12. The molecule has 0 bridgehead atoms. The Hall–Kier alpha value is -6.25. The van der Waals surface area contributed by atoms with Crippen LogP contribution in [-0.4, -0.2) is 77.6 Å². The molecule has 15 nitrogen and oxygen atoms in total. The highest BCUT2D eigenvalue weighted by Gasteiger charge is 2.54. The van der Waals surface area contributed by atoms with E-state index in [9.17, 15) is 28.3 Å². The largest absolute Gasteiger partial charge is 0.477 e. The van der Waals surface area contributed by atoms with Crippen molar-refractivity contribution in [3.8, 4) is 0 Å². The normalized spacial score (nSPS) is 18.8. The van der Waals surface area contributed by atoms with Gasteiger partial charge in [-0.05, 0) is 51.6 Å². The molecule has 0 saturated carbocycles. The van der Waals surface area contributed by atoms with Crippen molar-refractivity contribution in [2.24, 2.45) is 15.5 Å². The molecule has 0 spiro atoms. The molecular formula is C37H30F2N10O5S3. The topological polar surface area (TPSA) is 176 Å². The van der Waals surface area contributed by atoms with Crippen LogP contribution in [0.25, 0.3) is 0 Å². The highest BCUT2D eigenvalue weighted by atomic mass is 32.2. The molecule has 5 heterocycles. The number of hydrogen-bond acceptors (Lipinski definition) is 15. The number of hydrazine groups is 2. The van der Waals surface area contributed by atoms with E-state index < -0.39 is 47.1 Å². The van der Waals surface area contributed by atoms with Crippen molar-refractivity contribution < 1.29 is 33.1 Å². The van der Waals surface area contributed by atoms with Gasteiger partial charge in [0, 0.05) is 23.1 Å². The molecule has 4 aliphatic rings. The third-order valence-electron chi connectivity index (χ3n) is 9.17. The van der Waals surface area contributed by atoms with Crippen molar-refractivity contribution in [1.29, 1.82) is 0 Å². The number of anilines is 1. The number of β-lactam (4-membered cyclic amide) rings is 1. The van der Waals surface area contributed by atoms with Crippen LogP contribution in [0.1, 0.15) is 22.4 Å². The number of aromatic nitrogens is 1. The van der Waals surface area contributed by atoms with Gasteiger partial charge >= 0.3 is 12.6 Å². The van der Waals surface area contributed by atoms with E-state index in [1.807, 2.05) is 91.0 Å². The number of nitrogens with zero attached hydrogens (tertiary/aromatic N) is 7. The summed E-state index contributed by atoms with van der Waals surface area (Å²) in [6.45, 7) is -3.35. The average molecular weight is 829 g/mol. The molecule has 1 unspecified atom stereocenters. The van der Waals surface area contributed by atoms with E-state index in [4.69, 9.17) is 0 Å². The third-order valence-corrected chi connectivity index (χ3v) is 12.3. The number of carbonyl (C=O) groups is 3. The van der Waals surface area contributed by atoms with Gasteiger partial charge in [0.05, 0.1) is 0 Å². The number of halogens is 2. The van der Waals surface area contributed by atoms with E-state index in [0.29, 0.717) is 16.5 Å². The molecule has 57 heavy (non-hydrogen) atoms. The zero-order chi connectivity index (χ0) is 39.5. The van der Waals surface area contributed by atoms with Gasteiger partial charge in [-0.15, -0.1) is 33.3 Å². The van der Waals surface area contributed by atoms with E-state index >= 15 is 0 Å². The Balaban J connectivity index is 1.03. The molecule has 4 N–H and O–H groups in total. The van der Waals surface area contributed by atoms with Gasteiger partial charge in [0.15, 0.2) is 16.7 Å². The molecule has 1 saturated heterocycles. The van der Waals surface area contributed by atoms with Gasteiger partial charge in [0.2, 0.25) is 0 Å². The number of oxime groups is 1. The maximum absolute atomic E-state index is 13.8. The fraction of sp³-hybridized carbons (Fsp3) is 0.162. The highest BCUT2D eigenvalue weighted by Crippen LogP contribution is 2.43. The van der Waals surface area contributed by atoms with Gasteiger partial charge < -0.3 is 20.6 Å². The molecule has 1 aromatic heterocycles. The van der Waals surface area contributed by atoms with E-state index in [1.54, 1.807) is 27.9 Å². The van der Waals surface area contributed by atoms with Crippen LogP contribution in [0.5, 0.6) is 0 Å². The monoisotopic (exact) mass is 828 g/mol. The van der Waals surface area contributed by atoms with Gasteiger partial charge in [-0.25, -0.2) is 14.2 Å². The number of carboxylic acid groups (broad SMARTS) is 1. The minimum atomic E-state index is -3.35. The number of amides is 2. The van der Waals surface area contributed by atoms with Gasteiger partial charge in [-0.1, -0.05) is 96.2 Å². The smallest absolute Gasteiger partial charge is 0.407 e. The molecule has 4 aliphatic heterocycles.